The van der Waals surface area contributed by atoms with Crippen LogP contribution in [-0.4, -0.2) is 32.4 Å². The number of hydrogen-bond donors (Lipinski definition) is 2. The second kappa shape index (κ2) is 5.89. The molecule has 0 aliphatic carbocycles. The Kier molecular flexibility index (Phi) is 4.00. The van der Waals surface area contributed by atoms with Crippen LogP contribution in [0.5, 0.6) is 0 Å². The third-order valence-corrected chi connectivity index (χ3v) is 5.52. The molecule has 2 aromatic rings. The Bertz CT molecular complexity index is 998. The van der Waals surface area contributed by atoms with Crippen molar-refractivity contribution < 1.29 is 23.1 Å². The zero-order chi connectivity index (χ0) is 18.4. The molecule has 8 heteroatoms. The number of benzene rings is 2. The van der Waals surface area contributed by atoms with Gasteiger partial charge in [0.15, 0.2) is 0 Å². The zero-order valence-electron chi connectivity index (χ0n) is 13.6. The van der Waals surface area contributed by atoms with Crippen LogP contribution in [-0.2, 0) is 21.2 Å². The van der Waals surface area contributed by atoms with E-state index in [9.17, 15) is 18.0 Å². The van der Waals surface area contributed by atoms with Crippen molar-refractivity contribution in [1.82, 2.24) is 0 Å². The SMILES string of the molecule is Cc1cc(C(=O)O)ccc1NS(=O)(=O)c1ccc2c(c1)CC(=O)N2C. The highest BCUT2D eigenvalue weighted by molar-refractivity contribution is 7.92. The van der Waals surface area contributed by atoms with E-state index in [-0.39, 0.29) is 22.8 Å². The molecule has 3 rings (SSSR count). The first-order valence-corrected chi connectivity index (χ1v) is 8.93. The quantitative estimate of drug-likeness (QED) is 0.868. The lowest BCUT2D eigenvalue weighted by Gasteiger charge is -2.13. The molecule has 2 N–H and O–H groups in total. The van der Waals surface area contributed by atoms with E-state index in [1.165, 1.54) is 35.2 Å². The molecule has 130 valence electrons. The van der Waals surface area contributed by atoms with Gasteiger partial charge in [-0.05, 0) is 54.4 Å². The number of sulfonamides is 1. The highest BCUT2D eigenvalue weighted by Crippen LogP contribution is 2.30. The van der Waals surface area contributed by atoms with Crippen molar-refractivity contribution in [2.45, 2.75) is 18.2 Å². The zero-order valence-corrected chi connectivity index (χ0v) is 14.4. The molecular weight excluding hydrogens is 344 g/mol. The minimum atomic E-state index is -3.85. The van der Waals surface area contributed by atoms with Crippen LogP contribution in [0.2, 0.25) is 0 Å². The van der Waals surface area contributed by atoms with E-state index >= 15 is 0 Å². The van der Waals surface area contributed by atoms with Gasteiger partial charge in [0, 0.05) is 12.7 Å². The fourth-order valence-electron chi connectivity index (χ4n) is 2.73. The smallest absolute Gasteiger partial charge is 0.335 e. The highest BCUT2D eigenvalue weighted by Gasteiger charge is 2.26. The molecule has 1 aliphatic rings. The summed E-state index contributed by atoms with van der Waals surface area (Å²) in [5.74, 6) is -1.16. The fraction of sp³-hybridized carbons (Fsp3) is 0.176. The van der Waals surface area contributed by atoms with Crippen molar-refractivity contribution in [2.24, 2.45) is 0 Å². The highest BCUT2D eigenvalue weighted by atomic mass is 32.2. The maximum atomic E-state index is 12.6. The van der Waals surface area contributed by atoms with Gasteiger partial charge in [0.1, 0.15) is 0 Å². The number of aromatic carboxylic acids is 1. The number of amides is 1. The predicted octanol–water partition coefficient (Wildman–Crippen LogP) is 2.01. The van der Waals surface area contributed by atoms with E-state index in [0.29, 0.717) is 22.5 Å². The topological polar surface area (TPSA) is 104 Å². The van der Waals surface area contributed by atoms with Gasteiger partial charge in [-0.1, -0.05) is 0 Å². The van der Waals surface area contributed by atoms with Crippen LogP contribution in [0.1, 0.15) is 21.5 Å². The number of carbonyl (C=O) groups excluding carboxylic acids is 1. The van der Waals surface area contributed by atoms with E-state index in [1.807, 2.05) is 0 Å². The summed E-state index contributed by atoms with van der Waals surface area (Å²) >= 11 is 0. The molecule has 0 spiro atoms. The number of carboxylic acids is 1. The van der Waals surface area contributed by atoms with E-state index < -0.39 is 16.0 Å². The summed E-state index contributed by atoms with van der Waals surface area (Å²) < 4.78 is 27.7. The van der Waals surface area contributed by atoms with Crippen LogP contribution in [0.15, 0.2) is 41.3 Å². The van der Waals surface area contributed by atoms with Gasteiger partial charge in [0.2, 0.25) is 5.91 Å². The Hall–Kier alpha value is -2.87. The van der Waals surface area contributed by atoms with E-state index in [4.69, 9.17) is 5.11 Å². The summed E-state index contributed by atoms with van der Waals surface area (Å²) in [7, 11) is -2.21. The van der Waals surface area contributed by atoms with E-state index in [0.717, 1.165) is 0 Å². The number of hydrogen-bond acceptors (Lipinski definition) is 4. The minimum absolute atomic E-state index is 0.0519. The third kappa shape index (κ3) is 3.08. The second-order valence-electron chi connectivity index (χ2n) is 5.86. The molecule has 0 bridgehead atoms. The number of likely N-dealkylation sites (N-methyl/N-ethyl adjacent to an activating group) is 1. The molecule has 0 radical (unpaired) electrons. The van der Waals surface area contributed by atoms with Crippen LogP contribution >= 0.6 is 0 Å². The number of rotatable bonds is 4. The number of carbonyl (C=O) groups is 2. The van der Waals surface area contributed by atoms with Crippen molar-refractivity contribution in [2.75, 3.05) is 16.7 Å². The Balaban J connectivity index is 1.92. The molecule has 7 nitrogen and oxygen atoms in total. The van der Waals surface area contributed by atoms with Gasteiger partial charge in [0.25, 0.3) is 10.0 Å². The Morgan fingerprint density at radius 3 is 2.56 bits per heavy atom. The lowest BCUT2D eigenvalue weighted by Crippen LogP contribution is -2.20. The maximum absolute atomic E-state index is 12.6. The summed E-state index contributed by atoms with van der Waals surface area (Å²) in [5.41, 5.74) is 2.25. The van der Waals surface area contributed by atoms with Crippen LogP contribution in [0, 0.1) is 6.92 Å². The number of nitrogens with zero attached hydrogens (tertiary/aromatic N) is 1. The summed E-state index contributed by atoms with van der Waals surface area (Å²) in [6.45, 7) is 1.63. The van der Waals surface area contributed by atoms with Gasteiger partial charge in [0.05, 0.1) is 22.6 Å². The van der Waals surface area contributed by atoms with Gasteiger partial charge in [-0.3, -0.25) is 9.52 Å². The average molecular weight is 360 g/mol. The van der Waals surface area contributed by atoms with Crippen molar-refractivity contribution in [3.63, 3.8) is 0 Å². The van der Waals surface area contributed by atoms with Crippen molar-refractivity contribution in [3.8, 4) is 0 Å². The number of carboxylic acid groups (broad SMARTS) is 1. The molecule has 0 saturated carbocycles. The molecule has 2 aromatic carbocycles. The summed E-state index contributed by atoms with van der Waals surface area (Å²) in [6, 6.07) is 8.69. The van der Waals surface area contributed by atoms with Gasteiger partial charge >= 0.3 is 5.97 Å². The predicted molar refractivity (Wildman–Crippen MR) is 92.5 cm³/mol. The van der Waals surface area contributed by atoms with Crippen molar-refractivity contribution in [3.05, 3.63) is 53.1 Å². The number of nitrogens with one attached hydrogen (secondary N) is 1. The van der Waals surface area contributed by atoms with Crippen LogP contribution in [0.4, 0.5) is 11.4 Å². The minimum Gasteiger partial charge on any atom is -0.478 e. The Labute approximate surface area is 144 Å². The number of aryl methyl sites for hydroxylation is 1. The molecule has 0 atom stereocenters. The van der Waals surface area contributed by atoms with Crippen LogP contribution in [0.3, 0.4) is 0 Å². The van der Waals surface area contributed by atoms with Crippen LogP contribution in [0.25, 0.3) is 0 Å². The van der Waals surface area contributed by atoms with E-state index in [2.05, 4.69) is 4.72 Å². The maximum Gasteiger partial charge on any atom is 0.335 e. The monoisotopic (exact) mass is 360 g/mol. The van der Waals surface area contributed by atoms with Crippen molar-refractivity contribution in [1.29, 1.82) is 0 Å². The largest absolute Gasteiger partial charge is 0.478 e. The molecule has 1 amide bonds. The first-order valence-electron chi connectivity index (χ1n) is 7.45. The summed E-state index contributed by atoms with van der Waals surface area (Å²) in [4.78, 5) is 24.2. The van der Waals surface area contributed by atoms with Gasteiger partial charge in [-0.2, -0.15) is 0 Å². The Morgan fingerprint density at radius 2 is 1.92 bits per heavy atom. The summed E-state index contributed by atoms with van der Waals surface area (Å²) in [5, 5.41) is 8.97. The van der Waals surface area contributed by atoms with E-state index in [1.54, 1.807) is 20.0 Å². The molecule has 0 saturated heterocycles. The van der Waals surface area contributed by atoms with Gasteiger partial charge < -0.3 is 10.0 Å². The van der Waals surface area contributed by atoms with Crippen molar-refractivity contribution >= 4 is 33.3 Å². The Morgan fingerprint density at radius 1 is 1.20 bits per heavy atom. The fourth-order valence-corrected chi connectivity index (χ4v) is 3.91. The molecule has 0 aromatic heterocycles. The lowest BCUT2D eigenvalue weighted by molar-refractivity contribution is -0.117. The molecule has 1 aliphatic heterocycles. The first kappa shape index (κ1) is 17.0. The second-order valence-corrected chi connectivity index (χ2v) is 7.54. The normalized spacial score (nSPS) is 13.7. The molecular formula is C17H16N2O5S. The molecule has 0 fully saturated rings. The molecule has 25 heavy (non-hydrogen) atoms. The number of anilines is 2. The van der Waals surface area contributed by atoms with Gasteiger partial charge in [-0.15, -0.1) is 0 Å². The standard InChI is InChI=1S/C17H16N2O5S/c1-10-7-11(17(21)22)3-5-14(10)18-25(23,24)13-4-6-15-12(8-13)9-16(20)19(15)2/h3-8,18H,9H2,1-2H3,(H,21,22). The molecule has 0 unspecified atom stereocenters. The van der Waals surface area contributed by atoms with Crippen LogP contribution < -0.4 is 9.62 Å². The third-order valence-electron chi connectivity index (χ3n) is 4.16. The first-order chi connectivity index (χ1) is 11.7. The van der Waals surface area contributed by atoms with Gasteiger partial charge in [-0.25, -0.2) is 13.2 Å². The average Bonchev–Trinajstić information content (AvgIpc) is 2.83. The lowest BCUT2D eigenvalue weighted by atomic mass is 10.1. The molecule has 1 heterocycles. The number of fused-ring (bicyclic) bond motifs is 1. The summed E-state index contributed by atoms with van der Waals surface area (Å²) in [6.07, 6.45) is 0.168.